The third-order valence-electron chi connectivity index (χ3n) is 2.41. The molecule has 0 atom stereocenters. The Morgan fingerprint density at radius 3 is 2.42 bits per heavy atom. The molecule has 98 valence electrons. The molecule has 0 saturated carbocycles. The summed E-state index contributed by atoms with van der Waals surface area (Å²) in [5.41, 5.74) is -1.07. The lowest BCUT2D eigenvalue weighted by molar-refractivity contribution is 0.447. The van der Waals surface area contributed by atoms with Gasteiger partial charge in [0.1, 0.15) is 11.4 Å². The predicted octanol–water partition coefficient (Wildman–Crippen LogP) is 1.05. The number of aliphatic imine (C=N–C) groups is 1. The summed E-state index contributed by atoms with van der Waals surface area (Å²) in [6.07, 6.45) is 0. The van der Waals surface area contributed by atoms with Crippen molar-refractivity contribution in [1.29, 1.82) is 0 Å². The maximum absolute atomic E-state index is 12.7. The molecule has 3 N–H and O–H groups in total. The van der Waals surface area contributed by atoms with Gasteiger partial charge in [-0.3, -0.25) is 19.8 Å². The maximum Gasteiger partial charge on any atom is 0.328 e. The van der Waals surface area contributed by atoms with Crippen molar-refractivity contribution < 1.29 is 9.50 Å². The van der Waals surface area contributed by atoms with E-state index in [1.807, 2.05) is 4.98 Å². The van der Waals surface area contributed by atoms with Crippen LogP contribution in [0.2, 0.25) is 0 Å². The van der Waals surface area contributed by atoms with Crippen LogP contribution in [0.25, 0.3) is 0 Å². The van der Waals surface area contributed by atoms with Crippen molar-refractivity contribution in [3.63, 3.8) is 0 Å². The molecule has 19 heavy (non-hydrogen) atoms. The van der Waals surface area contributed by atoms with E-state index in [0.717, 1.165) is 0 Å². The zero-order valence-electron chi connectivity index (χ0n) is 9.90. The van der Waals surface area contributed by atoms with Gasteiger partial charge in [-0.25, -0.2) is 9.18 Å². The lowest BCUT2D eigenvalue weighted by atomic mass is 10.2. The van der Waals surface area contributed by atoms with Crippen LogP contribution in [-0.4, -0.2) is 20.8 Å². The number of nitrogens with one attached hydrogen (secondary N) is 2. The van der Waals surface area contributed by atoms with Crippen LogP contribution in [0.4, 0.5) is 10.1 Å². The highest BCUT2D eigenvalue weighted by Gasteiger charge is 2.11. The van der Waals surface area contributed by atoms with Crippen LogP contribution in [0.5, 0.6) is 5.88 Å². The van der Waals surface area contributed by atoms with Crippen molar-refractivity contribution in [2.24, 2.45) is 4.99 Å². The molecule has 1 heterocycles. The number of rotatable bonds is 2. The van der Waals surface area contributed by atoms with Crippen LogP contribution in [0.15, 0.2) is 38.8 Å². The zero-order valence-corrected chi connectivity index (χ0v) is 9.90. The first kappa shape index (κ1) is 12.7. The Labute approximate surface area is 106 Å². The molecule has 0 spiro atoms. The zero-order chi connectivity index (χ0) is 14.0. The monoisotopic (exact) mass is 263 g/mol. The molecule has 1 aromatic heterocycles. The van der Waals surface area contributed by atoms with Crippen LogP contribution in [0, 0.1) is 5.82 Å². The van der Waals surface area contributed by atoms with E-state index in [4.69, 9.17) is 0 Å². The van der Waals surface area contributed by atoms with Crippen molar-refractivity contribution in [2.75, 3.05) is 0 Å². The van der Waals surface area contributed by atoms with E-state index in [1.165, 1.54) is 31.2 Å². The van der Waals surface area contributed by atoms with Gasteiger partial charge in [0, 0.05) is 0 Å². The summed E-state index contributed by atoms with van der Waals surface area (Å²) in [7, 11) is 0. The highest BCUT2D eigenvalue weighted by molar-refractivity contribution is 6.01. The number of aromatic amines is 2. The average molecular weight is 263 g/mol. The van der Waals surface area contributed by atoms with Crippen LogP contribution in [0.1, 0.15) is 12.5 Å². The van der Waals surface area contributed by atoms with Crippen LogP contribution in [0.3, 0.4) is 0 Å². The van der Waals surface area contributed by atoms with Gasteiger partial charge >= 0.3 is 5.69 Å². The second-order valence-corrected chi connectivity index (χ2v) is 3.81. The summed E-state index contributed by atoms with van der Waals surface area (Å²) in [4.78, 5) is 30.6. The van der Waals surface area contributed by atoms with Gasteiger partial charge in [0.05, 0.1) is 11.4 Å². The van der Waals surface area contributed by atoms with Gasteiger partial charge in [-0.1, -0.05) is 0 Å². The number of H-pyrrole nitrogens is 2. The molecular formula is C12H10FN3O3. The Morgan fingerprint density at radius 1 is 1.21 bits per heavy atom. The second-order valence-electron chi connectivity index (χ2n) is 3.81. The largest absolute Gasteiger partial charge is 0.494 e. The lowest BCUT2D eigenvalue weighted by Crippen LogP contribution is -2.27. The van der Waals surface area contributed by atoms with E-state index in [2.05, 4.69) is 9.98 Å². The van der Waals surface area contributed by atoms with Crippen LogP contribution in [-0.2, 0) is 0 Å². The second kappa shape index (κ2) is 4.89. The van der Waals surface area contributed by atoms with Crippen LogP contribution >= 0.6 is 0 Å². The highest BCUT2D eigenvalue weighted by Crippen LogP contribution is 2.15. The van der Waals surface area contributed by atoms with Gasteiger partial charge in [-0.05, 0) is 31.2 Å². The summed E-state index contributed by atoms with van der Waals surface area (Å²) in [6, 6.07) is 5.30. The van der Waals surface area contributed by atoms with Crippen molar-refractivity contribution in [1.82, 2.24) is 9.97 Å². The average Bonchev–Trinajstić information content (AvgIpc) is 2.30. The number of aromatic hydroxyl groups is 1. The van der Waals surface area contributed by atoms with E-state index in [0.29, 0.717) is 5.69 Å². The Hall–Kier alpha value is -2.70. The Balaban J connectivity index is 2.50. The quantitative estimate of drug-likeness (QED) is 0.706. The fraction of sp³-hybridized carbons (Fsp3) is 0.0833. The van der Waals surface area contributed by atoms with E-state index in [1.54, 1.807) is 0 Å². The first-order valence-corrected chi connectivity index (χ1v) is 5.34. The molecular weight excluding hydrogens is 253 g/mol. The summed E-state index contributed by atoms with van der Waals surface area (Å²) < 4.78 is 12.7. The maximum atomic E-state index is 12.7. The van der Waals surface area contributed by atoms with E-state index in [-0.39, 0.29) is 11.3 Å². The van der Waals surface area contributed by atoms with Gasteiger partial charge in [-0.15, -0.1) is 0 Å². The number of halogens is 1. The molecule has 0 aliphatic carbocycles. The standard InChI is InChI=1S/C12H10FN3O3/c1-6(14-8-4-2-7(13)3-5-8)9-10(17)15-12(19)16-11(9)18/h2-5H,1H3,(H3,15,16,17,18,19). The molecule has 7 heteroatoms. The topological polar surface area (TPSA) is 98.3 Å². The molecule has 6 nitrogen and oxygen atoms in total. The first-order chi connectivity index (χ1) is 8.97. The predicted molar refractivity (Wildman–Crippen MR) is 67.6 cm³/mol. The van der Waals surface area contributed by atoms with Crippen molar-refractivity contribution in [2.45, 2.75) is 6.92 Å². The minimum absolute atomic E-state index is 0.135. The summed E-state index contributed by atoms with van der Waals surface area (Å²) in [5, 5.41) is 9.55. The number of nitrogens with zero attached hydrogens (tertiary/aromatic N) is 1. The van der Waals surface area contributed by atoms with Gasteiger partial charge in [0.2, 0.25) is 5.88 Å². The SMILES string of the molecule is CC(=Nc1ccc(F)cc1)c1c(O)[nH]c(=O)[nH]c1=O. The molecule has 0 bridgehead atoms. The Bertz CT molecular complexity index is 744. The minimum Gasteiger partial charge on any atom is -0.494 e. The number of hydrogen-bond donors (Lipinski definition) is 3. The molecule has 2 aromatic rings. The number of benzene rings is 1. The molecule has 0 unspecified atom stereocenters. The fourth-order valence-corrected chi connectivity index (χ4v) is 1.58. The number of hydrogen-bond acceptors (Lipinski definition) is 4. The Morgan fingerprint density at radius 2 is 1.84 bits per heavy atom. The highest BCUT2D eigenvalue weighted by atomic mass is 19.1. The minimum atomic E-state index is -0.805. The third-order valence-corrected chi connectivity index (χ3v) is 2.41. The smallest absolute Gasteiger partial charge is 0.328 e. The van der Waals surface area contributed by atoms with Crippen molar-refractivity contribution in [3.8, 4) is 5.88 Å². The lowest BCUT2D eigenvalue weighted by Gasteiger charge is -2.02. The Kier molecular flexibility index (Phi) is 3.28. The van der Waals surface area contributed by atoms with Crippen molar-refractivity contribution in [3.05, 3.63) is 56.5 Å². The summed E-state index contributed by atoms with van der Waals surface area (Å²) in [5.74, 6) is -0.960. The van der Waals surface area contributed by atoms with Gasteiger partial charge in [-0.2, -0.15) is 0 Å². The normalized spacial score (nSPS) is 11.6. The molecule has 0 fully saturated rings. The molecule has 0 saturated heterocycles. The summed E-state index contributed by atoms with van der Waals surface area (Å²) >= 11 is 0. The summed E-state index contributed by atoms with van der Waals surface area (Å²) in [6.45, 7) is 1.49. The number of aromatic nitrogens is 2. The molecule has 0 aliphatic heterocycles. The molecule has 0 amide bonds. The third kappa shape index (κ3) is 2.76. The first-order valence-electron chi connectivity index (χ1n) is 5.34. The van der Waals surface area contributed by atoms with Gasteiger partial charge in [0.25, 0.3) is 5.56 Å². The van der Waals surface area contributed by atoms with Crippen LogP contribution < -0.4 is 11.2 Å². The fourth-order valence-electron chi connectivity index (χ4n) is 1.58. The van der Waals surface area contributed by atoms with E-state index in [9.17, 15) is 19.1 Å². The van der Waals surface area contributed by atoms with E-state index >= 15 is 0 Å². The van der Waals surface area contributed by atoms with Gasteiger partial charge in [0.15, 0.2) is 0 Å². The molecule has 0 aliphatic rings. The van der Waals surface area contributed by atoms with Gasteiger partial charge < -0.3 is 5.11 Å². The molecule has 0 radical (unpaired) electrons. The molecule has 2 rings (SSSR count). The molecule has 1 aromatic carbocycles. The van der Waals surface area contributed by atoms with E-state index < -0.39 is 22.9 Å². The van der Waals surface area contributed by atoms with Crippen molar-refractivity contribution >= 4 is 11.4 Å².